The lowest BCUT2D eigenvalue weighted by Crippen LogP contribution is -2.23. The number of halogens is 1. The molecule has 116 valence electrons. The van der Waals surface area contributed by atoms with Crippen LogP contribution in [-0.2, 0) is 4.74 Å². The summed E-state index contributed by atoms with van der Waals surface area (Å²) in [6.07, 6.45) is 3.06. The molecule has 0 saturated carbocycles. The van der Waals surface area contributed by atoms with Crippen LogP contribution in [0.5, 0.6) is 0 Å². The lowest BCUT2D eigenvalue weighted by atomic mass is 10.1. The summed E-state index contributed by atoms with van der Waals surface area (Å²) < 4.78 is 11.6. The number of ether oxygens (including phenoxy) is 1. The summed E-state index contributed by atoms with van der Waals surface area (Å²) in [6, 6.07) is 7.98. The highest BCUT2D eigenvalue weighted by atomic mass is 35.5. The van der Waals surface area contributed by atoms with E-state index in [4.69, 9.17) is 20.8 Å². The van der Waals surface area contributed by atoms with Crippen LogP contribution in [0.4, 0.5) is 0 Å². The van der Waals surface area contributed by atoms with Gasteiger partial charge in [0, 0.05) is 23.6 Å². The van der Waals surface area contributed by atoms with Crippen LogP contribution < -0.4 is 5.32 Å². The minimum atomic E-state index is 0.188. The lowest BCUT2D eigenvalue weighted by molar-refractivity contribution is 0.122. The van der Waals surface area contributed by atoms with Crippen molar-refractivity contribution in [1.29, 1.82) is 0 Å². The quantitative estimate of drug-likeness (QED) is 0.666. The molecule has 1 atom stereocenters. The molecule has 0 bridgehead atoms. The fourth-order valence-electron chi connectivity index (χ4n) is 2.32. The van der Waals surface area contributed by atoms with Gasteiger partial charge in [0.15, 0.2) is 0 Å². The molecule has 2 aromatic rings. The van der Waals surface area contributed by atoms with Crippen LogP contribution in [-0.4, -0.2) is 19.8 Å². The first-order chi connectivity index (χ1) is 10.2. The molecule has 0 aliphatic rings. The molecule has 4 heteroatoms. The Morgan fingerprint density at radius 1 is 1.19 bits per heavy atom. The highest BCUT2D eigenvalue weighted by Crippen LogP contribution is 2.28. The second kappa shape index (κ2) is 8.42. The predicted octanol–water partition coefficient (Wildman–Crippen LogP) is 4.94. The van der Waals surface area contributed by atoms with E-state index in [2.05, 4.69) is 25.2 Å². The third kappa shape index (κ3) is 4.73. The highest BCUT2D eigenvalue weighted by Gasteiger charge is 2.15. The maximum absolute atomic E-state index is 6.03. The molecule has 0 aliphatic heterocycles. The SMILES string of the molecule is CCCNC(CCOCCC)c1cc2cc(Cl)ccc2o1. The Morgan fingerprint density at radius 3 is 2.81 bits per heavy atom. The van der Waals surface area contributed by atoms with E-state index in [1.807, 2.05) is 18.2 Å². The third-order valence-electron chi connectivity index (χ3n) is 3.38. The molecule has 0 aliphatic carbocycles. The van der Waals surface area contributed by atoms with E-state index in [-0.39, 0.29) is 6.04 Å². The van der Waals surface area contributed by atoms with Crippen molar-refractivity contribution in [2.45, 2.75) is 39.2 Å². The number of rotatable bonds is 9. The van der Waals surface area contributed by atoms with Crippen LogP contribution in [0.15, 0.2) is 28.7 Å². The first kappa shape index (κ1) is 16.3. The third-order valence-corrected chi connectivity index (χ3v) is 3.62. The second-order valence-electron chi connectivity index (χ2n) is 5.24. The summed E-state index contributed by atoms with van der Waals surface area (Å²) >= 11 is 6.03. The maximum atomic E-state index is 6.03. The summed E-state index contributed by atoms with van der Waals surface area (Å²) in [6.45, 7) is 6.81. The molecule has 2 rings (SSSR count). The zero-order valence-electron chi connectivity index (χ0n) is 12.8. The maximum Gasteiger partial charge on any atom is 0.134 e. The topological polar surface area (TPSA) is 34.4 Å². The van der Waals surface area contributed by atoms with Crippen molar-refractivity contribution in [3.63, 3.8) is 0 Å². The van der Waals surface area contributed by atoms with Gasteiger partial charge in [-0.2, -0.15) is 0 Å². The van der Waals surface area contributed by atoms with E-state index in [9.17, 15) is 0 Å². The van der Waals surface area contributed by atoms with E-state index in [0.717, 1.165) is 60.8 Å². The Balaban J connectivity index is 2.09. The number of furan rings is 1. The monoisotopic (exact) mass is 309 g/mol. The van der Waals surface area contributed by atoms with E-state index < -0.39 is 0 Å². The standard InChI is InChI=1S/C17H24ClNO2/c1-3-8-19-15(7-10-20-9-4-2)17-12-13-11-14(18)5-6-16(13)21-17/h5-6,11-12,15,19H,3-4,7-10H2,1-2H3. The van der Waals surface area contributed by atoms with Gasteiger partial charge in [-0.3, -0.25) is 0 Å². The first-order valence-corrected chi connectivity index (χ1v) is 8.12. The van der Waals surface area contributed by atoms with Crippen molar-refractivity contribution in [1.82, 2.24) is 5.32 Å². The second-order valence-corrected chi connectivity index (χ2v) is 5.68. The molecule has 1 unspecified atom stereocenters. The average molecular weight is 310 g/mol. The molecular weight excluding hydrogens is 286 g/mol. The van der Waals surface area contributed by atoms with E-state index in [1.165, 1.54) is 0 Å². The summed E-state index contributed by atoms with van der Waals surface area (Å²) in [4.78, 5) is 0. The van der Waals surface area contributed by atoms with Gasteiger partial charge < -0.3 is 14.5 Å². The van der Waals surface area contributed by atoms with Crippen molar-refractivity contribution in [3.8, 4) is 0 Å². The molecule has 21 heavy (non-hydrogen) atoms. The summed E-state index contributed by atoms with van der Waals surface area (Å²) in [7, 11) is 0. The highest BCUT2D eigenvalue weighted by molar-refractivity contribution is 6.31. The predicted molar refractivity (Wildman–Crippen MR) is 88.0 cm³/mol. The molecule has 1 aromatic carbocycles. The van der Waals surface area contributed by atoms with Crippen molar-refractivity contribution in [2.24, 2.45) is 0 Å². The minimum absolute atomic E-state index is 0.188. The minimum Gasteiger partial charge on any atom is -0.459 e. The fourth-order valence-corrected chi connectivity index (χ4v) is 2.50. The van der Waals surface area contributed by atoms with Crippen molar-refractivity contribution < 1.29 is 9.15 Å². The first-order valence-electron chi connectivity index (χ1n) is 7.74. The molecule has 3 nitrogen and oxygen atoms in total. The smallest absolute Gasteiger partial charge is 0.134 e. The summed E-state index contributed by atoms with van der Waals surface area (Å²) in [5.41, 5.74) is 0.882. The van der Waals surface area contributed by atoms with Crippen LogP contribution >= 0.6 is 11.6 Å². The number of hydrogen-bond donors (Lipinski definition) is 1. The normalized spacial score (nSPS) is 12.9. The van der Waals surface area contributed by atoms with E-state index >= 15 is 0 Å². The van der Waals surface area contributed by atoms with Gasteiger partial charge in [-0.15, -0.1) is 0 Å². The Kier molecular flexibility index (Phi) is 6.55. The Hall–Kier alpha value is -1.03. The zero-order chi connectivity index (χ0) is 15.1. The molecule has 0 spiro atoms. The fraction of sp³-hybridized carbons (Fsp3) is 0.529. The van der Waals surface area contributed by atoms with Crippen LogP contribution in [0.1, 0.15) is 44.9 Å². The molecule has 0 amide bonds. The average Bonchev–Trinajstić information content (AvgIpc) is 2.89. The summed E-state index contributed by atoms with van der Waals surface area (Å²) in [5.74, 6) is 0.959. The van der Waals surface area contributed by atoms with Crippen molar-refractivity contribution >= 4 is 22.6 Å². The van der Waals surface area contributed by atoms with Crippen LogP contribution in [0, 0.1) is 0 Å². The molecule has 0 saturated heterocycles. The van der Waals surface area contributed by atoms with Gasteiger partial charge in [0.05, 0.1) is 6.04 Å². The molecule has 1 N–H and O–H groups in total. The number of nitrogens with one attached hydrogen (secondary N) is 1. The molecule has 0 fully saturated rings. The van der Waals surface area contributed by atoms with Crippen molar-refractivity contribution in [3.05, 3.63) is 35.0 Å². The number of hydrogen-bond acceptors (Lipinski definition) is 3. The zero-order valence-corrected chi connectivity index (χ0v) is 13.6. The van der Waals surface area contributed by atoms with Gasteiger partial charge in [0.2, 0.25) is 0 Å². The van der Waals surface area contributed by atoms with Gasteiger partial charge in [-0.05, 0) is 50.1 Å². The summed E-state index contributed by atoms with van der Waals surface area (Å²) in [5, 5.41) is 5.32. The molecule has 1 aromatic heterocycles. The molecule has 1 heterocycles. The van der Waals surface area contributed by atoms with E-state index in [0.29, 0.717) is 0 Å². The lowest BCUT2D eigenvalue weighted by Gasteiger charge is -2.16. The molecule has 0 radical (unpaired) electrons. The van der Waals surface area contributed by atoms with Gasteiger partial charge in [-0.1, -0.05) is 25.4 Å². The van der Waals surface area contributed by atoms with Crippen LogP contribution in [0.2, 0.25) is 5.02 Å². The Labute approximate surface area is 131 Å². The number of benzene rings is 1. The van der Waals surface area contributed by atoms with Gasteiger partial charge in [0.25, 0.3) is 0 Å². The number of fused-ring (bicyclic) bond motifs is 1. The van der Waals surface area contributed by atoms with Crippen LogP contribution in [0.3, 0.4) is 0 Å². The van der Waals surface area contributed by atoms with Crippen molar-refractivity contribution in [2.75, 3.05) is 19.8 Å². The Morgan fingerprint density at radius 2 is 2.05 bits per heavy atom. The molecular formula is C17H24ClNO2. The Bertz CT molecular complexity index is 553. The van der Waals surface area contributed by atoms with Gasteiger partial charge in [0.1, 0.15) is 11.3 Å². The van der Waals surface area contributed by atoms with E-state index in [1.54, 1.807) is 0 Å². The largest absolute Gasteiger partial charge is 0.459 e. The van der Waals surface area contributed by atoms with Gasteiger partial charge in [-0.25, -0.2) is 0 Å². The van der Waals surface area contributed by atoms with Crippen LogP contribution in [0.25, 0.3) is 11.0 Å². The van der Waals surface area contributed by atoms with Gasteiger partial charge >= 0.3 is 0 Å².